The Hall–Kier alpha value is -1.85. The van der Waals surface area contributed by atoms with Crippen molar-refractivity contribution in [2.24, 2.45) is 12.0 Å². The lowest BCUT2D eigenvalue weighted by Gasteiger charge is -2.22. The zero-order valence-corrected chi connectivity index (χ0v) is 14.5. The molecule has 0 aliphatic rings. The third-order valence-corrected chi connectivity index (χ3v) is 3.63. The van der Waals surface area contributed by atoms with Crippen molar-refractivity contribution in [3.05, 3.63) is 24.3 Å². The molecule has 0 aliphatic carbocycles. The van der Waals surface area contributed by atoms with Gasteiger partial charge in [0.05, 0.1) is 0 Å². The van der Waals surface area contributed by atoms with Gasteiger partial charge in [-0.3, -0.25) is 0 Å². The van der Waals surface area contributed by atoms with E-state index in [1.807, 2.05) is 24.6 Å². The van der Waals surface area contributed by atoms with Crippen LogP contribution in [0.25, 0.3) is 0 Å². The van der Waals surface area contributed by atoms with E-state index in [1.54, 1.807) is 0 Å². The fraction of sp³-hybridized carbons (Fsp3) is 0.688. The molecule has 0 radical (unpaired) electrons. The SMILES string of the molecule is C=CCCCN(C)C(=NCc1nnc(C)n1C)NCCCC. The van der Waals surface area contributed by atoms with Crippen LogP contribution in [0.5, 0.6) is 0 Å². The number of hydrogen-bond donors (Lipinski definition) is 1. The molecule has 0 saturated heterocycles. The van der Waals surface area contributed by atoms with Gasteiger partial charge >= 0.3 is 0 Å². The molecule has 1 N–H and O–H groups in total. The molecule has 1 heterocycles. The van der Waals surface area contributed by atoms with Crippen molar-refractivity contribution in [3.63, 3.8) is 0 Å². The van der Waals surface area contributed by atoms with E-state index in [-0.39, 0.29) is 0 Å². The quantitative estimate of drug-likeness (QED) is 0.329. The molecule has 0 fully saturated rings. The van der Waals surface area contributed by atoms with Gasteiger partial charge < -0.3 is 14.8 Å². The van der Waals surface area contributed by atoms with E-state index in [9.17, 15) is 0 Å². The van der Waals surface area contributed by atoms with Crippen molar-refractivity contribution >= 4 is 5.96 Å². The topological polar surface area (TPSA) is 58.3 Å². The minimum Gasteiger partial charge on any atom is -0.356 e. The average molecular weight is 306 g/mol. The summed E-state index contributed by atoms with van der Waals surface area (Å²) in [5.41, 5.74) is 0. The first-order valence-corrected chi connectivity index (χ1v) is 8.05. The summed E-state index contributed by atoms with van der Waals surface area (Å²) in [7, 11) is 4.04. The van der Waals surface area contributed by atoms with Crippen LogP contribution in [0.1, 0.15) is 44.3 Å². The Morgan fingerprint density at radius 2 is 2.18 bits per heavy atom. The zero-order valence-electron chi connectivity index (χ0n) is 14.5. The smallest absolute Gasteiger partial charge is 0.194 e. The van der Waals surface area contributed by atoms with E-state index in [0.29, 0.717) is 6.54 Å². The Morgan fingerprint density at radius 1 is 1.41 bits per heavy atom. The molecule has 0 aliphatic heterocycles. The molecule has 22 heavy (non-hydrogen) atoms. The number of unbranched alkanes of at least 4 members (excludes halogenated alkanes) is 2. The molecule has 1 aromatic rings. The van der Waals surface area contributed by atoms with E-state index in [2.05, 4.69) is 41.0 Å². The van der Waals surface area contributed by atoms with Crippen LogP contribution in [-0.4, -0.2) is 45.8 Å². The maximum Gasteiger partial charge on any atom is 0.194 e. The monoisotopic (exact) mass is 306 g/mol. The van der Waals surface area contributed by atoms with Crippen LogP contribution >= 0.6 is 0 Å². The van der Waals surface area contributed by atoms with Crippen LogP contribution in [-0.2, 0) is 13.6 Å². The summed E-state index contributed by atoms with van der Waals surface area (Å²) in [6.45, 7) is 10.3. The average Bonchev–Trinajstić information content (AvgIpc) is 2.82. The number of guanidine groups is 1. The van der Waals surface area contributed by atoms with Crippen LogP contribution < -0.4 is 5.32 Å². The van der Waals surface area contributed by atoms with Gasteiger partial charge in [0, 0.05) is 27.2 Å². The summed E-state index contributed by atoms with van der Waals surface area (Å²) < 4.78 is 1.98. The van der Waals surface area contributed by atoms with Gasteiger partial charge in [-0.1, -0.05) is 19.4 Å². The highest BCUT2D eigenvalue weighted by atomic mass is 15.3. The molecule has 0 aromatic carbocycles. The Labute approximate surface area is 134 Å². The first-order valence-electron chi connectivity index (χ1n) is 8.05. The molecule has 0 unspecified atom stereocenters. The largest absolute Gasteiger partial charge is 0.356 e. The molecule has 0 saturated carbocycles. The highest BCUT2D eigenvalue weighted by Crippen LogP contribution is 2.01. The third-order valence-electron chi connectivity index (χ3n) is 3.63. The van der Waals surface area contributed by atoms with Crippen LogP contribution in [0.3, 0.4) is 0 Å². The van der Waals surface area contributed by atoms with Gasteiger partial charge in [-0.05, 0) is 26.2 Å². The van der Waals surface area contributed by atoms with Crippen molar-refractivity contribution in [2.45, 2.75) is 46.1 Å². The van der Waals surface area contributed by atoms with Crippen LogP contribution in [0.4, 0.5) is 0 Å². The van der Waals surface area contributed by atoms with Crippen LogP contribution in [0.15, 0.2) is 17.6 Å². The van der Waals surface area contributed by atoms with Gasteiger partial charge in [-0.2, -0.15) is 0 Å². The molecule has 6 nitrogen and oxygen atoms in total. The second-order valence-electron chi connectivity index (χ2n) is 5.50. The van der Waals surface area contributed by atoms with Gasteiger partial charge in [0.15, 0.2) is 11.8 Å². The van der Waals surface area contributed by atoms with E-state index >= 15 is 0 Å². The van der Waals surface area contributed by atoms with E-state index in [4.69, 9.17) is 4.99 Å². The standard InChI is InChI=1S/C16H30N6/c1-6-8-10-12-21(4)16(17-11-9-7-2)18-13-15-20-19-14(3)22(15)5/h6H,1,7-13H2,2-5H3,(H,17,18). The number of allylic oxidation sites excluding steroid dienone is 1. The first-order chi connectivity index (χ1) is 10.6. The minimum absolute atomic E-state index is 0.539. The normalized spacial score (nSPS) is 11.5. The van der Waals surface area contributed by atoms with E-state index in [0.717, 1.165) is 50.0 Å². The number of nitrogens with one attached hydrogen (secondary N) is 1. The predicted octanol–water partition coefficient (Wildman–Crippen LogP) is 2.27. The molecular formula is C16H30N6. The van der Waals surface area contributed by atoms with Crippen molar-refractivity contribution in [2.75, 3.05) is 20.1 Å². The van der Waals surface area contributed by atoms with Crippen molar-refractivity contribution in [1.29, 1.82) is 0 Å². The van der Waals surface area contributed by atoms with Gasteiger partial charge in [0.2, 0.25) is 0 Å². The summed E-state index contributed by atoms with van der Waals surface area (Å²) in [6, 6.07) is 0. The van der Waals surface area contributed by atoms with Crippen LogP contribution in [0.2, 0.25) is 0 Å². The Bertz CT molecular complexity index is 477. The number of hydrogen-bond acceptors (Lipinski definition) is 3. The summed E-state index contributed by atoms with van der Waals surface area (Å²) in [6.07, 6.45) is 6.37. The number of rotatable bonds is 9. The Morgan fingerprint density at radius 3 is 2.77 bits per heavy atom. The number of nitrogens with zero attached hydrogens (tertiary/aromatic N) is 5. The molecule has 1 aromatic heterocycles. The zero-order chi connectivity index (χ0) is 16.4. The van der Waals surface area contributed by atoms with Crippen molar-refractivity contribution in [3.8, 4) is 0 Å². The highest BCUT2D eigenvalue weighted by molar-refractivity contribution is 5.79. The van der Waals surface area contributed by atoms with E-state index in [1.165, 1.54) is 6.42 Å². The first kappa shape index (κ1) is 18.2. The van der Waals surface area contributed by atoms with Crippen molar-refractivity contribution < 1.29 is 0 Å². The number of aryl methyl sites for hydroxylation is 1. The summed E-state index contributed by atoms with van der Waals surface area (Å²) in [5.74, 6) is 2.72. The van der Waals surface area contributed by atoms with Crippen LogP contribution in [0, 0.1) is 6.92 Å². The molecular weight excluding hydrogens is 276 g/mol. The lowest BCUT2D eigenvalue weighted by atomic mass is 10.3. The Balaban J connectivity index is 2.68. The number of aromatic nitrogens is 3. The number of aliphatic imine (C=N–C) groups is 1. The fourth-order valence-corrected chi connectivity index (χ4v) is 2.00. The molecule has 0 bridgehead atoms. The molecule has 1 rings (SSSR count). The van der Waals surface area contributed by atoms with Crippen molar-refractivity contribution in [1.82, 2.24) is 25.0 Å². The van der Waals surface area contributed by atoms with Gasteiger partial charge in [-0.15, -0.1) is 16.8 Å². The van der Waals surface area contributed by atoms with Gasteiger partial charge in [0.1, 0.15) is 12.4 Å². The lowest BCUT2D eigenvalue weighted by molar-refractivity contribution is 0.466. The summed E-state index contributed by atoms with van der Waals surface area (Å²) >= 11 is 0. The second-order valence-corrected chi connectivity index (χ2v) is 5.50. The second kappa shape index (κ2) is 9.97. The van der Waals surface area contributed by atoms with Gasteiger partial charge in [-0.25, -0.2) is 4.99 Å². The maximum atomic E-state index is 4.70. The maximum absolute atomic E-state index is 4.70. The van der Waals surface area contributed by atoms with Gasteiger partial charge in [0.25, 0.3) is 0 Å². The fourth-order valence-electron chi connectivity index (χ4n) is 2.00. The molecule has 0 amide bonds. The predicted molar refractivity (Wildman–Crippen MR) is 91.9 cm³/mol. The molecule has 0 spiro atoms. The minimum atomic E-state index is 0.539. The molecule has 6 heteroatoms. The summed E-state index contributed by atoms with van der Waals surface area (Å²) in [5, 5.41) is 11.7. The molecule has 124 valence electrons. The third kappa shape index (κ3) is 5.87. The lowest BCUT2D eigenvalue weighted by Crippen LogP contribution is -2.40. The molecule has 0 atom stereocenters. The van der Waals surface area contributed by atoms with E-state index < -0.39 is 0 Å². The Kier molecular flexibility index (Phi) is 8.25. The highest BCUT2D eigenvalue weighted by Gasteiger charge is 2.08. The summed E-state index contributed by atoms with van der Waals surface area (Å²) in [4.78, 5) is 6.87.